The molecule has 0 saturated heterocycles. The third-order valence-corrected chi connectivity index (χ3v) is 6.20. The Kier molecular flexibility index (Phi) is 6.05. The van der Waals surface area contributed by atoms with Gasteiger partial charge in [0.05, 0.1) is 0 Å². The third kappa shape index (κ3) is 3.87. The van der Waals surface area contributed by atoms with Crippen molar-refractivity contribution < 1.29 is 14.3 Å². The molecule has 1 N–H and O–H groups in total. The number of rotatable bonds is 5. The SMILES string of the molecule is C=CC(c1ccccc1NC(=O)OC(C)(C)C)C1(c2ccccc2)C(=O)N(C)c2ccccc21. The summed E-state index contributed by atoms with van der Waals surface area (Å²) in [5.41, 5.74) is 2.33. The van der Waals surface area contributed by atoms with Crippen LogP contribution in [0.15, 0.2) is 91.5 Å². The molecule has 3 aromatic rings. The standard InChI is InChI=1S/C29H30N2O3/c1-6-22(21-16-10-12-18-24(21)30-27(33)34-28(2,3)4)29(20-14-8-7-9-15-20)23-17-11-13-19-25(23)31(5)26(29)32/h6-19,22H,1H2,2-5H3,(H,30,33). The number of allylic oxidation sites excluding steroid dienone is 1. The fraction of sp³-hybridized carbons (Fsp3) is 0.241. The summed E-state index contributed by atoms with van der Waals surface area (Å²) < 4.78 is 5.49. The molecule has 5 heteroatoms. The molecule has 0 aromatic heterocycles. The lowest BCUT2D eigenvalue weighted by molar-refractivity contribution is -0.121. The van der Waals surface area contributed by atoms with E-state index in [9.17, 15) is 9.59 Å². The summed E-state index contributed by atoms with van der Waals surface area (Å²) >= 11 is 0. The van der Waals surface area contributed by atoms with Crippen LogP contribution in [0, 0.1) is 0 Å². The predicted octanol–water partition coefficient (Wildman–Crippen LogP) is 6.27. The molecule has 5 nitrogen and oxygen atoms in total. The summed E-state index contributed by atoms with van der Waals surface area (Å²) in [5, 5.41) is 2.89. The highest BCUT2D eigenvalue weighted by molar-refractivity contribution is 6.11. The Hall–Kier alpha value is -3.86. The minimum absolute atomic E-state index is 0.0446. The number of hydrogen-bond donors (Lipinski definition) is 1. The fourth-order valence-corrected chi connectivity index (χ4v) is 4.88. The lowest BCUT2D eigenvalue weighted by Crippen LogP contribution is -2.44. The molecule has 2 unspecified atom stereocenters. The number of fused-ring (bicyclic) bond motifs is 1. The van der Waals surface area contributed by atoms with Crippen LogP contribution in [0.4, 0.5) is 16.2 Å². The number of amides is 2. The van der Waals surface area contributed by atoms with E-state index in [1.54, 1.807) is 18.0 Å². The van der Waals surface area contributed by atoms with Gasteiger partial charge < -0.3 is 9.64 Å². The molecular weight excluding hydrogens is 424 g/mol. The average molecular weight is 455 g/mol. The van der Waals surface area contributed by atoms with E-state index in [1.165, 1.54) is 0 Å². The largest absolute Gasteiger partial charge is 0.444 e. The Morgan fingerprint density at radius 3 is 2.29 bits per heavy atom. The lowest BCUT2D eigenvalue weighted by atomic mass is 9.64. The number of hydrogen-bond acceptors (Lipinski definition) is 3. The Morgan fingerprint density at radius 2 is 1.62 bits per heavy atom. The van der Waals surface area contributed by atoms with Crippen LogP contribution in [-0.4, -0.2) is 24.6 Å². The molecule has 4 rings (SSSR count). The minimum Gasteiger partial charge on any atom is -0.444 e. The van der Waals surface area contributed by atoms with Gasteiger partial charge in [-0.3, -0.25) is 10.1 Å². The highest BCUT2D eigenvalue weighted by Gasteiger charge is 2.55. The first-order valence-electron chi connectivity index (χ1n) is 11.3. The number of ether oxygens (including phenoxy) is 1. The average Bonchev–Trinajstić information content (AvgIpc) is 3.03. The second-order valence-corrected chi connectivity index (χ2v) is 9.48. The van der Waals surface area contributed by atoms with Crippen LogP contribution in [0.25, 0.3) is 0 Å². The number of nitrogens with zero attached hydrogens (tertiary/aromatic N) is 1. The molecule has 0 aliphatic carbocycles. The summed E-state index contributed by atoms with van der Waals surface area (Å²) in [7, 11) is 1.80. The van der Waals surface area contributed by atoms with E-state index in [0.717, 1.165) is 22.4 Å². The summed E-state index contributed by atoms with van der Waals surface area (Å²) in [6.45, 7) is 9.61. The predicted molar refractivity (Wildman–Crippen MR) is 136 cm³/mol. The highest BCUT2D eigenvalue weighted by Crippen LogP contribution is 2.54. The fourth-order valence-electron chi connectivity index (χ4n) is 4.88. The number of carbonyl (C=O) groups excluding carboxylic acids is 2. The molecule has 1 heterocycles. The topological polar surface area (TPSA) is 58.6 Å². The summed E-state index contributed by atoms with van der Waals surface area (Å²) in [6, 6.07) is 25.1. The van der Waals surface area contributed by atoms with Gasteiger partial charge in [0.1, 0.15) is 11.0 Å². The first-order chi connectivity index (χ1) is 16.2. The normalized spacial score (nSPS) is 18.2. The Morgan fingerprint density at radius 1 is 1.00 bits per heavy atom. The Balaban J connectivity index is 1.93. The van der Waals surface area contributed by atoms with Gasteiger partial charge in [-0.25, -0.2) is 4.79 Å². The van der Waals surface area contributed by atoms with Gasteiger partial charge in [0.15, 0.2) is 0 Å². The number of likely N-dealkylation sites (N-methyl/N-ethyl adjacent to an activating group) is 1. The van der Waals surface area contributed by atoms with Crippen LogP contribution in [0.5, 0.6) is 0 Å². The third-order valence-electron chi connectivity index (χ3n) is 6.20. The van der Waals surface area contributed by atoms with Crippen molar-refractivity contribution in [2.45, 2.75) is 37.7 Å². The molecule has 2 amide bonds. The van der Waals surface area contributed by atoms with Gasteiger partial charge in [-0.1, -0.05) is 72.8 Å². The summed E-state index contributed by atoms with van der Waals surface area (Å²) in [4.78, 5) is 28.5. The Bertz CT molecular complexity index is 1230. The molecule has 1 aliphatic rings. The van der Waals surface area contributed by atoms with E-state index in [-0.39, 0.29) is 5.91 Å². The van der Waals surface area contributed by atoms with Crippen LogP contribution in [0.2, 0.25) is 0 Å². The number of benzene rings is 3. The van der Waals surface area contributed by atoms with Gasteiger partial charge in [0.25, 0.3) is 0 Å². The molecule has 0 saturated carbocycles. The van der Waals surface area contributed by atoms with Crippen molar-refractivity contribution in [3.63, 3.8) is 0 Å². The first kappa shape index (κ1) is 23.3. The zero-order valence-electron chi connectivity index (χ0n) is 20.0. The molecule has 1 aliphatic heterocycles. The maximum absolute atomic E-state index is 14.1. The monoisotopic (exact) mass is 454 g/mol. The van der Waals surface area contributed by atoms with Crippen LogP contribution in [-0.2, 0) is 14.9 Å². The van der Waals surface area contributed by atoms with Crippen molar-refractivity contribution in [1.82, 2.24) is 0 Å². The number of para-hydroxylation sites is 2. The van der Waals surface area contributed by atoms with E-state index >= 15 is 0 Å². The lowest BCUT2D eigenvalue weighted by Gasteiger charge is -2.36. The molecule has 174 valence electrons. The van der Waals surface area contributed by atoms with Crippen molar-refractivity contribution in [1.29, 1.82) is 0 Å². The van der Waals surface area contributed by atoms with Gasteiger partial charge in [-0.2, -0.15) is 0 Å². The number of anilines is 2. The zero-order valence-corrected chi connectivity index (χ0v) is 20.0. The van der Waals surface area contributed by atoms with Gasteiger partial charge in [-0.05, 0) is 49.6 Å². The molecule has 0 fully saturated rings. The van der Waals surface area contributed by atoms with Crippen LogP contribution in [0.3, 0.4) is 0 Å². The van der Waals surface area contributed by atoms with E-state index < -0.39 is 23.0 Å². The first-order valence-corrected chi connectivity index (χ1v) is 11.3. The molecule has 3 aromatic carbocycles. The molecule has 0 spiro atoms. The Labute approximate surface area is 201 Å². The maximum Gasteiger partial charge on any atom is 0.412 e. The maximum atomic E-state index is 14.1. The van der Waals surface area contributed by atoms with E-state index in [4.69, 9.17) is 4.74 Å². The van der Waals surface area contributed by atoms with Crippen molar-refractivity contribution in [3.05, 3.63) is 108 Å². The van der Waals surface area contributed by atoms with E-state index in [2.05, 4.69) is 11.9 Å². The second kappa shape index (κ2) is 8.82. The summed E-state index contributed by atoms with van der Waals surface area (Å²) in [6.07, 6.45) is 1.25. The molecule has 0 radical (unpaired) electrons. The van der Waals surface area contributed by atoms with Crippen molar-refractivity contribution >= 4 is 23.4 Å². The number of carbonyl (C=O) groups is 2. The van der Waals surface area contributed by atoms with Crippen molar-refractivity contribution in [2.75, 3.05) is 17.3 Å². The van der Waals surface area contributed by atoms with Crippen molar-refractivity contribution in [3.8, 4) is 0 Å². The summed E-state index contributed by atoms with van der Waals surface area (Å²) in [5.74, 6) is -0.503. The molecule has 34 heavy (non-hydrogen) atoms. The minimum atomic E-state index is -1.04. The van der Waals surface area contributed by atoms with Crippen LogP contribution < -0.4 is 10.2 Å². The highest BCUT2D eigenvalue weighted by atomic mass is 16.6. The quantitative estimate of drug-likeness (QED) is 0.463. The van der Waals surface area contributed by atoms with Gasteiger partial charge in [0.2, 0.25) is 5.91 Å². The van der Waals surface area contributed by atoms with Gasteiger partial charge in [-0.15, -0.1) is 6.58 Å². The van der Waals surface area contributed by atoms with Crippen molar-refractivity contribution in [2.24, 2.45) is 0 Å². The van der Waals surface area contributed by atoms with Gasteiger partial charge >= 0.3 is 6.09 Å². The smallest absolute Gasteiger partial charge is 0.412 e. The molecule has 2 atom stereocenters. The zero-order chi connectivity index (χ0) is 24.5. The van der Waals surface area contributed by atoms with Gasteiger partial charge in [0, 0.05) is 24.3 Å². The number of nitrogens with one attached hydrogen (secondary N) is 1. The second-order valence-electron chi connectivity index (χ2n) is 9.48. The van der Waals surface area contributed by atoms with Crippen LogP contribution >= 0.6 is 0 Å². The van der Waals surface area contributed by atoms with E-state index in [1.807, 2.05) is 99.6 Å². The molecule has 0 bridgehead atoms. The van der Waals surface area contributed by atoms with E-state index in [0.29, 0.717) is 5.69 Å². The molecular formula is C29H30N2O3. The van der Waals surface area contributed by atoms with Crippen LogP contribution in [0.1, 0.15) is 43.4 Å².